The number of ether oxygens (including phenoxy) is 1. The molecular formula is C23H34F4OSi. The van der Waals surface area contributed by atoms with Crippen molar-refractivity contribution in [3.63, 3.8) is 0 Å². The second-order valence-electron chi connectivity index (χ2n) is 9.16. The monoisotopic (exact) mass is 430 g/mol. The van der Waals surface area contributed by atoms with Gasteiger partial charge in [-0.25, -0.2) is 8.78 Å². The lowest BCUT2D eigenvalue weighted by atomic mass is 9.73. The van der Waals surface area contributed by atoms with Crippen LogP contribution in [-0.4, -0.2) is 14.9 Å². The van der Waals surface area contributed by atoms with E-state index in [0.29, 0.717) is 30.7 Å². The van der Waals surface area contributed by atoms with Crippen molar-refractivity contribution in [1.82, 2.24) is 0 Å². The van der Waals surface area contributed by atoms with Gasteiger partial charge in [-0.1, -0.05) is 57.2 Å². The highest BCUT2D eigenvalue weighted by atomic mass is 28.3. The van der Waals surface area contributed by atoms with E-state index in [4.69, 9.17) is 4.74 Å². The molecule has 2 fully saturated rings. The third-order valence-electron chi connectivity index (χ3n) is 7.11. The summed E-state index contributed by atoms with van der Waals surface area (Å²) >= 11 is 0. The average molecular weight is 431 g/mol. The fourth-order valence-corrected chi connectivity index (χ4v) is 8.92. The largest absolute Gasteiger partial charge is 0.432 e. The van der Waals surface area contributed by atoms with Gasteiger partial charge < -0.3 is 4.74 Å². The molecule has 6 heteroatoms. The first-order valence-electron chi connectivity index (χ1n) is 11.4. The number of hydrogen-bond acceptors (Lipinski definition) is 1. The Bertz CT molecular complexity index is 618. The zero-order chi connectivity index (χ0) is 20.9. The van der Waals surface area contributed by atoms with Gasteiger partial charge in [-0.15, -0.1) is 0 Å². The number of benzene rings is 1. The molecule has 1 nitrogen and oxygen atoms in total. The zero-order valence-corrected chi connectivity index (χ0v) is 18.6. The van der Waals surface area contributed by atoms with Crippen molar-refractivity contribution in [3.8, 4) is 5.75 Å². The van der Waals surface area contributed by atoms with Crippen LogP contribution in [0.2, 0.25) is 18.1 Å². The van der Waals surface area contributed by atoms with E-state index in [1.165, 1.54) is 50.2 Å². The van der Waals surface area contributed by atoms with E-state index in [2.05, 4.69) is 6.92 Å². The van der Waals surface area contributed by atoms with Gasteiger partial charge in [0.2, 0.25) is 0 Å². The summed E-state index contributed by atoms with van der Waals surface area (Å²) in [5, 5.41) is 0. The topological polar surface area (TPSA) is 9.23 Å². The summed E-state index contributed by atoms with van der Waals surface area (Å²) in [4.78, 5) is 0. The minimum absolute atomic E-state index is 0.420. The molecule has 1 saturated carbocycles. The van der Waals surface area contributed by atoms with E-state index in [1.54, 1.807) is 0 Å². The molecule has 1 heterocycles. The number of halogens is 4. The minimum atomic E-state index is -3.39. The summed E-state index contributed by atoms with van der Waals surface area (Å²) in [5.74, 6) is -1.88. The molecule has 0 aromatic heterocycles. The lowest BCUT2D eigenvalue weighted by molar-refractivity contribution is -0.224. The summed E-state index contributed by atoms with van der Waals surface area (Å²) in [5.41, 5.74) is 0. The highest BCUT2D eigenvalue weighted by Crippen LogP contribution is 2.45. The predicted octanol–water partition coefficient (Wildman–Crippen LogP) is 7.57. The van der Waals surface area contributed by atoms with E-state index >= 15 is 0 Å². The van der Waals surface area contributed by atoms with Gasteiger partial charge in [-0.3, -0.25) is 0 Å². The summed E-state index contributed by atoms with van der Waals surface area (Å²) < 4.78 is 60.4. The third kappa shape index (κ3) is 6.47. The summed E-state index contributed by atoms with van der Waals surface area (Å²) in [7, 11) is -0.540. The highest BCUT2D eigenvalue weighted by molar-refractivity contribution is 6.58. The Hall–Kier alpha value is -1.04. The van der Waals surface area contributed by atoms with E-state index in [0.717, 1.165) is 25.0 Å². The smallest absolute Gasteiger partial charge is 0.400 e. The Balaban J connectivity index is 1.45. The SMILES string of the molecule is CCCCC[SiH]1CCC(C2CCC(C(F)(F)Oc3cc(F)cc(F)c3)CC2)CC1. The van der Waals surface area contributed by atoms with Crippen LogP contribution in [-0.2, 0) is 0 Å². The predicted molar refractivity (Wildman–Crippen MR) is 111 cm³/mol. The normalized spacial score (nSPS) is 28.3. The van der Waals surface area contributed by atoms with Crippen LogP contribution in [0.25, 0.3) is 0 Å². The maximum absolute atomic E-state index is 14.6. The first-order valence-corrected chi connectivity index (χ1v) is 13.8. The van der Waals surface area contributed by atoms with Crippen LogP contribution in [0.5, 0.6) is 5.75 Å². The summed E-state index contributed by atoms with van der Waals surface area (Å²) in [6.07, 6.45) is 5.71. The molecule has 29 heavy (non-hydrogen) atoms. The molecular weight excluding hydrogens is 396 g/mol. The van der Waals surface area contributed by atoms with Crippen LogP contribution in [0, 0.1) is 29.4 Å². The molecule has 1 aromatic carbocycles. The van der Waals surface area contributed by atoms with Crippen molar-refractivity contribution in [2.75, 3.05) is 0 Å². The van der Waals surface area contributed by atoms with E-state index in [1.807, 2.05) is 0 Å². The van der Waals surface area contributed by atoms with Gasteiger partial charge >= 0.3 is 6.11 Å². The van der Waals surface area contributed by atoms with Crippen LogP contribution >= 0.6 is 0 Å². The molecule has 0 spiro atoms. The molecule has 1 saturated heterocycles. The molecule has 164 valence electrons. The molecule has 2 aliphatic rings. The molecule has 0 N–H and O–H groups in total. The second-order valence-corrected chi connectivity index (χ2v) is 12.6. The van der Waals surface area contributed by atoms with Gasteiger partial charge in [0.05, 0.1) is 5.92 Å². The van der Waals surface area contributed by atoms with E-state index in [-0.39, 0.29) is 0 Å². The van der Waals surface area contributed by atoms with Gasteiger partial charge in [0, 0.05) is 27.0 Å². The fourth-order valence-electron chi connectivity index (χ4n) is 5.39. The van der Waals surface area contributed by atoms with E-state index in [9.17, 15) is 17.6 Å². The molecule has 1 aliphatic heterocycles. The van der Waals surface area contributed by atoms with Crippen molar-refractivity contribution in [2.45, 2.75) is 89.0 Å². The molecule has 0 radical (unpaired) electrons. The highest BCUT2D eigenvalue weighted by Gasteiger charge is 2.45. The number of unbranched alkanes of at least 4 members (excludes halogenated alkanes) is 2. The Morgan fingerprint density at radius 1 is 0.897 bits per heavy atom. The maximum Gasteiger partial charge on any atom is 0.400 e. The van der Waals surface area contributed by atoms with Crippen molar-refractivity contribution in [1.29, 1.82) is 0 Å². The summed E-state index contributed by atoms with van der Waals surface area (Å²) in [6.45, 7) is 2.25. The molecule has 1 aliphatic carbocycles. The standard InChI is InChI=1S/C23H34F4OSi/c1-2-3-4-11-29-12-9-18(10-13-29)17-5-7-19(8-6-17)23(26,27)28-22-15-20(24)14-21(25)16-22/h14-19,29H,2-13H2,1H3. The van der Waals surface area contributed by atoms with Gasteiger partial charge in [0.15, 0.2) is 0 Å². The van der Waals surface area contributed by atoms with Crippen LogP contribution in [0.3, 0.4) is 0 Å². The molecule has 1 aromatic rings. The maximum atomic E-state index is 14.6. The first kappa shape index (κ1) is 22.6. The number of rotatable bonds is 8. The van der Waals surface area contributed by atoms with Gasteiger partial charge in [0.1, 0.15) is 17.4 Å². The number of alkyl halides is 2. The van der Waals surface area contributed by atoms with Crippen LogP contribution in [0.15, 0.2) is 18.2 Å². The molecule has 3 rings (SSSR count). The Morgan fingerprint density at radius 3 is 2.07 bits per heavy atom. The van der Waals surface area contributed by atoms with Crippen LogP contribution in [0.1, 0.15) is 64.7 Å². The van der Waals surface area contributed by atoms with Crippen molar-refractivity contribution >= 4 is 8.80 Å². The van der Waals surface area contributed by atoms with Crippen LogP contribution in [0.4, 0.5) is 17.6 Å². The molecule has 0 unspecified atom stereocenters. The minimum Gasteiger partial charge on any atom is -0.432 e. The Morgan fingerprint density at radius 2 is 1.48 bits per heavy atom. The van der Waals surface area contributed by atoms with E-state index < -0.39 is 38.2 Å². The molecule has 0 bridgehead atoms. The van der Waals surface area contributed by atoms with Crippen molar-refractivity contribution in [3.05, 3.63) is 29.8 Å². The lowest BCUT2D eigenvalue weighted by Crippen LogP contribution is -2.38. The second kappa shape index (κ2) is 10.3. The van der Waals surface area contributed by atoms with Gasteiger partial charge in [0.25, 0.3) is 0 Å². The zero-order valence-electron chi connectivity index (χ0n) is 17.4. The van der Waals surface area contributed by atoms with Gasteiger partial charge in [-0.05, 0) is 37.5 Å². The Labute approximate surface area is 173 Å². The van der Waals surface area contributed by atoms with Crippen molar-refractivity contribution < 1.29 is 22.3 Å². The third-order valence-corrected chi connectivity index (χ3v) is 10.6. The summed E-state index contributed by atoms with van der Waals surface area (Å²) in [6, 6.07) is 6.61. The Kier molecular flexibility index (Phi) is 8.05. The molecule has 0 amide bonds. The average Bonchev–Trinajstić information content (AvgIpc) is 2.68. The van der Waals surface area contributed by atoms with Crippen molar-refractivity contribution in [2.24, 2.45) is 17.8 Å². The first-order chi connectivity index (χ1) is 13.9. The number of hydrogen-bond donors (Lipinski definition) is 0. The van der Waals surface area contributed by atoms with Gasteiger partial charge in [-0.2, -0.15) is 8.78 Å². The quantitative estimate of drug-likeness (QED) is 0.235. The molecule has 0 atom stereocenters. The van der Waals surface area contributed by atoms with Crippen LogP contribution < -0.4 is 4.74 Å². The fraction of sp³-hybridized carbons (Fsp3) is 0.739. The lowest BCUT2D eigenvalue weighted by Gasteiger charge is -2.39.